The molecule has 0 bridgehead atoms. The number of H-pyrrole nitrogens is 1. The van der Waals surface area contributed by atoms with Crippen molar-refractivity contribution in [2.24, 2.45) is 0 Å². The molecule has 9 nitrogen and oxygen atoms in total. The molecule has 222 valence electrons. The highest BCUT2D eigenvalue weighted by molar-refractivity contribution is 6.10. The van der Waals surface area contributed by atoms with E-state index in [9.17, 15) is 14.7 Å². The fourth-order valence-corrected chi connectivity index (χ4v) is 6.35. The van der Waals surface area contributed by atoms with E-state index in [1.165, 1.54) is 24.9 Å². The monoisotopic (exact) mass is 579 g/mol. The highest BCUT2D eigenvalue weighted by Gasteiger charge is 2.31. The number of rotatable bonds is 6. The average molecular weight is 580 g/mol. The molecule has 9 heteroatoms. The Balaban J connectivity index is 1.01. The number of aromatic nitrogens is 2. The summed E-state index contributed by atoms with van der Waals surface area (Å²) in [7, 11) is 0. The number of hydrogen-bond donors (Lipinski definition) is 2. The van der Waals surface area contributed by atoms with Crippen molar-refractivity contribution in [1.29, 1.82) is 0 Å². The van der Waals surface area contributed by atoms with E-state index in [1.54, 1.807) is 4.90 Å². The van der Waals surface area contributed by atoms with Gasteiger partial charge in [0.2, 0.25) is 0 Å². The molecule has 43 heavy (non-hydrogen) atoms. The van der Waals surface area contributed by atoms with Crippen molar-refractivity contribution < 1.29 is 19.4 Å². The number of ether oxygens (including phenoxy) is 1. The average Bonchev–Trinajstić information content (AvgIpc) is 3.60. The smallest absolute Gasteiger partial charge is 0.260 e. The number of anilines is 2. The lowest BCUT2D eigenvalue weighted by Gasteiger charge is -2.35. The minimum atomic E-state index is -0.694. The van der Waals surface area contributed by atoms with Crippen LogP contribution in [0.2, 0.25) is 0 Å². The Morgan fingerprint density at radius 1 is 0.953 bits per heavy atom. The van der Waals surface area contributed by atoms with Gasteiger partial charge >= 0.3 is 0 Å². The van der Waals surface area contributed by atoms with Crippen LogP contribution in [0.1, 0.15) is 54.9 Å². The first-order chi connectivity index (χ1) is 20.8. The topological polar surface area (TPSA) is 102 Å². The second kappa shape index (κ2) is 11.0. The maximum atomic E-state index is 13.3. The lowest BCUT2D eigenvalue weighted by molar-refractivity contribution is -0.137. The Bertz CT molecular complexity index is 1660. The minimum Gasteiger partial charge on any atom is -0.484 e. The number of likely N-dealkylation sites (tertiary alicyclic amines) is 1. The number of aromatic amines is 1. The number of nitrogens with one attached hydrogen (secondary N) is 1. The van der Waals surface area contributed by atoms with E-state index in [1.807, 2.05) is 60.4 Å². The van der Waals surface area contributed by atoms with Crippen LogP contribution in [0.25, 0.3) is 22.4 Å². The third kappa shape index (κ3) is 5.57. The number of benzene rings is 3. The van der Waals surface area contributed by atoms with Crippen molar-refractivity contribution in [1.82, 2.24) is 14.9 Å². The molecule has 0 saturated carbocycles. The Morgan fingerprint density at radius 2 is 1.70 bits per heavy atom. The molecule has 0 aliphatic carbocycles. The van der Waals surface area contributed by atoms with Crippen LogP contribution in [0.15, 0.2) is 60.7 Å². The van der Waals surface area contributed by atoms with E-state index in [-0.39, 0.29) is 18.4 Å². The fraction of sp³-hybridized carbons (Fsp3) is 0.382. The van der Waals surface area contributed by atoms with Crippen LogP contribution in [0, 0.1) is 0 Å². The van der Waals surface area contributed by atoms with Crippen LogP contribution in [0.5, 0.6) is 5.75 Å². The molecule has 3 aromatic carbocycles. The van der Waals surface area contributed by atoms with Gasteiger partial charge in [0.15, 0.2) is 6.61 Å². The molecule has 3 aliphatic heterocycles. The molecule has 3 aliphatic rings. The van der Waals surface area contributed by atoms with E-state index < -0.39 is 5.60 Å². The molecule has 0 spiro atoms. The van der Waals surface area contributed by atoms with Gasteiger partial charge in [-0.15, -0.1) is 0 Å². The molecular formula is C34H37N5O4. The van der Waals surface area contributed by atoms with E-state index >= 15 is 0 Å². The predicted octanol–water partition coefficient (Wildman–Crippen LogP) is 5.13. The quantitative estimate of drug-likeness (QED) is 0.328. The molecule has 7 rings (SSSR count). The number of carbonyl (C=O) groups excluding carboxylic acids is 2. The standard InChI is InChI=1S/C34H37N5O4/c1-34(42)13-17-38(18-14-34)31(40)22-43-27-9-5-23(6-10-27)32-35-29-12-8-26(20-30(29)36-32)39-21-24-19-25(7-11-28(24)33(39)41)37-15-3-2-4-16-37/h5-12,19-20,42H,2-4,13-18,21-22H2,1H3,(H,35,36). The van der Waals surface area contributed by atoms with Gasteiger partial charge in [0.05, 0.1) is 23.2 Å². The van der Waals surface area contributed by atoms with Gasteiger partial charge in [-0.2, -0.15) is 0 Å². The maximum Gasteiger partial charge on any atom is 0.260 e. The third-order valence-electron chi connectivity index (χ3n) is 9.07. The lowest BCUT2D eigenvalue weighted by Crippen LogP contribution is -2.46. The van der Waals surface area contributed by atoms with Crippen molar-refractivity contribution in [3.05, 3.63) is 71.8 Å². The molecule has 4 aromatic rings. The van der Waals surface area contributed by atoms with Gasteiger partial charge in [-0.1, -0.05) is 0 Å². The summed E-state index contributed by atoms with van der Waals surface area (Å²) in [5, 5.41) is 10.1. The molecule has 2 N–H and O–H groups in total. The lowest BCUT2D eigenvalue weighted by atomic mass is 9.94. The zero-order valence-corrected chi connectivity index (χ0v) is 24.5. The number of carbonyl (C=O) groups is 2. The number of hydrogen-bond acceptors (Lipinski definition) is 6. The Morgan fingerprint density at radius 3 is 2.47 bits per heavy atom. The number of amides is 2. The summed E-state index contributed by atoms with van der Waals surface area (Å²) in [5.41, 5.74) is 5.78. The van der Waals surface area contributed by atoms with E-state index in [4.69, 9.17) is 9.72 Å². The first kappa shape index (κ1) is 27.5. The molecule has 2 amide bonds. The summed E-state index contributed by atoms with van der Waals surface area (Å²) < 4.78 is 5.75. The first-order valence-corrected chi connectivity index (χ1v) is 15.3. The molecule has 4 heterocycles. The van der Waals surface area contributed by atoms with E-state index in [0.717, 1.165) is 52.3 Å². The second-order valence-corrected chi connectivity index (χ2v) is 12.3. The second-order valence-electron chi connectivity index (χ2n) is 12.3. The van der Waals surface area contributed by atoms with Gasteiger partial charge in [0.1, 0.15) is 11.6 Å². The van der Waals surface area contributed by atoms with Crippen molar-refractivity contribution in [3.63, 3.8) is 0 Å². The maximum absolute atomic E-state index is 13.3. The highest BCUT2D eigenvalue weighted by atomic mass is 16.5. The Kier molecular flexibility index (Phi) is 7.05. The summed E-state index contributed by atoms with van der Waals surface area (Å²) in [6.07, 6.45) is 4.89. The SMILES string of the molecule is CC1(O)CCN(C(=O)COc2ccc(-c3nc4ccc(N5Cc6cc(N7CCCCC7)ccc6C5=O)cc4[nH]3)cc2)CC1. The van der Waals surface area contributed by atoms with Crippen molar-refractivity contribution >= 4 is 34.2 Å². The zero-order chi connectivity index (χ0) is 29.6. The number of fused-ring (bicyclic) bond motifs is 2. The van der Waals surface area contributed by atoms with Crippen molar-refractivity contribution in [2.75, 3.05) is 42.6 Å². The van der Waals surface area contributed by atoms with Crippen molar-refractivity contribution in [3.8, 4) is 17.1 Å². The van der Waals surface area contributed by atoms with Gasteiger partial charge in [0.25, 0.3) is 11.8 Å². The molecule has 0 radical (unpaired) electrons. The van der Waals surface area contributed by atoms with Crippen LogP contribution in [-0.4, -0.2) is 70.2 Å². The summed E-state index contributed by atoms with van der Waals surface area (Å²) in [4.78, 5) is 40.0. The van der Waals surface area contributed by atoms with E-state index in [0.29, 0.717) is 38.2 Å². The van der Waals surface area contributed by atoms with Crippen LogP contribution in [-0.2, 0) is 11.3 Å². The molecule has 2 fully saturated rings. The van der Waals surface area contributed by atoms with Gasteiger partial charge < -0.3 is 29.5 Å². The van der Waals surface area contributed by atoms with Gasteiger partial charge in [-0.3, -0.25) is 9.59 Å². The summed E-state index contributed by atoms with van der Waals surface area (Å²) >= 11 is 0. The summed E-state index contributed by atoms with van der Waals surface area (Å²) in [5.74, 6) is 1.28. The van der Waals surface area contributed by atoms with Crippen LogP contribution >= 0.6 is 0 Å². The van der Waals surface area contributed by atoms with Gasteiger partial charge in [-0.05, 0) is 105 Å². The van der Waals surface area contributed by atoms with Crippen LogP contribution in [0.4, 0.5) is 11.4 Å². The predicted molar refractivity (Wildman–Crippen MR) is 166 cm³/mol. The minimum absolute atomic E-state index is 0.0283. The summed E-state index contributed by atoms with van der Waals surface area (Å²) in [6.45, 7) is 5.58. The normalized spacial score (nSPS) is 18.3. The first-order valence-electron chi connectivity index (χ1n) is 15.3. The van der Waals surface area contributed by atoms with Gasteiger partial charge in [-0.25, -0.2) is 4.98 Å². The molecule has 0 unspecified atom stereocenters. The number of nitrogens with zero attached hydrogens (tertiary/aromatic N) is 4. The van der Waals surface area contributed by atoms with Crippen LogP contribution < -0.4 is 14.5 Å². The molecule has 1 aromatic heterocycles. The molecule has 0 atom stereocenters. The number of aliphatic hydroxyl groups is 1. The third-order valence-corrected chi connectivity index (χ3v) is 9.07. The van der Waals surface area contributed by atoms with Crippen molar-refractivity contribution in [2.45, 2.75) is 51.2 Å². The molecule has 2 saturated heterocycles. The Labute approximate surface area is 251 Å². The fourth-order valence-electron chi connectivity index (χ4n) is 6.35. The number of imidazole rings is 1. The Hall–Kier alpha value is -4.37. The molecular weight excluding hydrogens is 542 g/mol. The van der Waals surface area contributed by atoms with E-state index in [2.05, 4.69) is 22.0 Å². The van der Waals surface area contributed by atoms with Crippen LogP contribution in [0.3, 0.4) is 0 Å². The summed E-state index contributed by atoms with van der Waals surface area (Å²) in [6, 6.07) is 19.7. The number of piperidine rings is 2. The van der Waals surface area contributed by atoms with Gasteiger partial charge in [0, 0.05) is 48.7 Å². The largest absolute Gasteiger partial charge is 0.484 e. The zero-order valence-electron chi connectivity index (χ0n) is 24.5. The highest BCUT2D eigenvalue weighted by Crippen LogP contribution is 2.34.